The maximum absolute atomic E-state index is 6.63. The van der Waals surface area contributed by atoms with Crippen molar-refractivity contribution in [1.29, 1.82) is 0 Å². The molecule has 0 saturated heterocycles. The van der Waals surface area contributed by atoms with Gasteiger partial charge in [-0.05, 0) is 11.8 Å². The summed E-state index contributed by atoms with van der Waals surface area (Å²) in [5.74, 6) is 0. The predicted octanol–water partition coefficient (Wildman–Crippen LogP) is 4.49. The molecule has 0 bridgehead atoms. The molecular weight excluding hydrogens is 167 g/mol. The second-order valence-corrected chi connectivity index (χ2v) is 5.38. The predicted molar refractivity (Wildman–Crippen MR) is 64.8 cm³/mol. The van der Waals surface area contributed by atoms with E-state index in [1.54, 1.807) is 0 Å². The highest BCUT2D eigenvalue weighted by Gasteiger charge is 2.41. The van der Waals surface area contributed by atoms with Crippen molar-refractivity contribution in [3.05, 3.63) is 0 Å². The van der Waals surface area contributed by atoms with Crippen LogP contribution in [-0.4, -0.2) is 7.85 Å². The summed E-state index contributed by atoms with van der Waals surface area (Å²) in [5, 5.41) is 0.135. The van der Waals surface area contributed by atoms with Crippen LogP contribution in [0.2, 0.25) is 5.31 Å². The average molecular weight is 192 g/mol. The molecule has 1 aliphatic carbocycles. The van der Waals surface area contributed by atoms with E-state index >= 15 is 0 Å². The largest absolute Gasteiger partial charge is 0.0753 e. The van der Waals surface area contributed by atoms with Gasteiger partial charge in [0.2, 0.25) is 0 Å². The van der Waals surface area contributed by atoms with Crippen LogP contribution in [0.25, 0.3) is 0 Å². The Morgan fingerprint density at radius 1 is 1.14 bits per heavy atom. The monoisotopic (exact) mass is 192 g/mol. The molecule has 1 rings (SSSR count). The van der Waals surface area contributed by atoms with E-state index in [4.69, 9.17) is 7.85 Å². The van der Waals surface area contributed by atoms with Gasteiger partial charge in [-0.1, -0.05) is 71.0 Å². The SMILES string of the molecule is [B]C1(C(C)(CC)CCC)CCCCC1. The Bertz CT molecular complexity index is 163. The summed E-state index contributed by atoms with van der Waals surface area (Å²) in [4.78, 5) is 0. The Morgan fingerprint density at radius 3 is 2.14 bits per heavy atom. The molecule has 0 heterocycles. The van der Waals surface area contributed by atoms with Gasteiger partial charge < -0.3 is 0 Å². The van der Waals surface area contributed by atoms with Crippen LogP contribution in [0.15, 0.2) is 0 Å². The minimum Gasteiger partial charge on any atom is -0.0654 e. The van der Waals surface area contributed by atoms with Crippen molar-refractivity contribution in [1.82, 2.24) is 0 Å². The summed E-state index contributed by atoms with van der Waals surface area (Å²) in [6.45, 7) is 6.99. The molecule has 0 aromatic heterocycles. The molecule has 1 atom stereocenters. The number of rotatable bonds is 4. The molecular formula is C13H25B. The van der Waals surface area contributed by atoms with Crippen molar-refractivity contribution in [2.24, 2.45) is 5.41 Å². The van der Waals surface area contributed by atoms with E-state index in [2.05, 4.69) is 20.8 Å². The van der Waals surface area contributed by atoms with E-state index in [0.29, 0.717) is 5.41 Å². The average Bonchev–Trinajstić information content (AvgIpc) is 2.19. The summed E-state index contributed by atoms with van der Waals surface area (Å²) < 4.78 is 0. The third kappa shape index (κ3) is 2.17. The van der Waals surface area contributed by atoms with Gasteiger partial charge in [-0.3, -0.25) is 0 Å². The van der Waals surface area contributed by atoms with Gasteiger partial charge >= 0.3 is 0 Å². The lowest BCUT2D eigenvalue weighted by Crippen LogP contribution is -2.35. The second-order valence-electron chi connectivity index (χ2n) is 5.38. The van der Waals surface area contributed by atoms with Crippen molar-refractivity contribution in [2.45, 2.75) is 77.5 Å². The third-order valence-electron chi connectivity index (χ3n) is 4.53. The molecule has 0 N–H and O–H groups in total. The first-order valence-corrected chi connectivity index (χ1v) is 6.37. The molecule has 0 amide bonds. The Labute approximate surface area is 91.3 Å². The van der Waals surface area contributed by atoms with E-state index in [1.165, 1.54) is 51.4 Å². The Morgan fingerprint density at radius 2 is 1.71 bits per heavy atom. The number of hydrogen-bond donors (Lipinski definition) is 0. The zero-order valence-electron chi connectivity index (χ0n) is 10.2. The van der Waals surface area contributed by atoms with E-state index in [-0.39, 0.29) is 5.31 Å². The highest BCUT2D eigenvalue weighted by atomic mass is 14.4. The van der Waals surface area contributed by atoms with Gasteiger partial charge in [0.25, 0.3) is 0 Å². The molecule has 2 radical (unpaired) electrons. The van der Waals surface area contributed by atoms with Gasteiger partial charge in [-0.2, -0.15) is 0 Å². The summed E-state index contributed by atoms with van der Waals surface area (Å²) >= 11 is 0. The summed E-state index contributed by atoms with van der Waals surface area (Å²) in [7, 11) is 6.63. The molecule has 1 aliphatic rings. The van der Waals surface area contributed by atoms with Crippen molar-refractivity contribution in [3.63, 3.8) is 0 Å². The lowest BCUT2D eigenvalue weighted by Gasteiger charge is -2.50. The van der Waals surface area contributed by atoms with Gasteiger partial charge in [-0.15, -0.1) is 0 Å². The maximum Gasteiger partial charge on any atom is 0.0753 e. The first kappa shape index (κ1) is 12.1. The topological polar surface area (TPSA) is 0 Å². The van der Waals surface area contributed by atoms with Crippen LogP contribution in [0.3, 0.4) is 0 Å². The molecule has 14 heavy (non-hydrogen) atoms. The van der Waals surface area contributed by atoms with E-state index in [1.807, 2.05) is 0 Å². The Balaban J connectivity index is 2.73. The molecule has 0 nitrogen and oxygen atoms in total. The summed E-state index contributed by atoms with van der Waals surface area (Å²) in [5.41, 5.74) is 0.377. The van der Waals surface area contributed by atoms with Crippen LogP contribution in [0.4, 0.5) is 0 Å². The molecule has 0 spiro atoms. The van der Waals surface area contributed by atoms with Crippen molar-refractivity contribution >= 4 is 7.85 Å². The molecule has 0 aromatic rings. The van der Waals surface area contributed by atoms with Gasteiger partial charge in [0, 0.05) is 0 Å². The molecule has 1 fully saturated rings. The highest BCUT2D eigenvalue weighted by Crippen LogP contribution is 2.57. The van der Waals surface area contributed by atoms with Gasteiger partial charge in [0.15, 0.2) is 0 Å². The zero-order chi connectivity index (χ0) is 10.7. The quantitative estimate of drug-likeness (QED) is 0.575. The van der Waals surface area contributed by atoms with Crippen LogP contribution in [0.5, 0.6) is 0 Å². The maximum atomic E-state index is 6.63. The molecule has 1 unspecified atom stereocenters. The zero-order valence-corrected chi connectivity index (χ0v) is 10.2. The summed E-state index contributed by atoms with van der Waals surface area (Å²) in [6, 6.07) is 0. The van der Waals surface area contributed by atoms with Crippen molar-refractivity contribution in [3.8, 4) is 0 Å². The molecule has 0 aromatic carbocycles. The van der Waals surface area contributed by atoms with Crippen molar-refractivity contribution < 1.29 is 0 Å². The minimum atomic E-state index is 0.135. The normalized spacial score (nSPS) is 25.6. The highest BCUT2D eigenvalue weighted by molar-refractivity contribution is 6.15. The standard InChI is InChI=1S/C13H25B/c1-4-9-12(3,5-2)13(14)10-7-6-8-11-13/h4-11H2,1-3H3. The van der Waals surface area contributed by atoms with Crippen LogP contribution in [-0.2, 0) is 0 Å². The van der Waals surface area contributed by atoms with Crippen LogP contribution in [0, 0.1) is 5.41 Å². The fourth-order valence-corrected chi connectivity index (χ4v) is 3.12. The lowest BCUT2D eigenvalue weighted by atomic mass is 9.46. The minimum absolute atomic E-state index is 0.135. The first-order chi connectivity index (χ1) is 6.58. The molecule has 80 valence electrons. The lowest BCUT2D eigenvalue weighted by molar-refractivity contribution is 0.136. The van der Waals surface area contributed by atoms with Crippen molar-refractivity contribution in [2.75, 3.05) is 0 Å². The molecule has 1 heteroatoms. The fraction of sp³-hybridized carbons (Fsp3) is 1.00. The van der Waals surface area contributed by atoms with Gasteiger partial charge in [0.1, 0.15) is 0 Å². The smallest absolute Gasteiger partial charge is 0.0654 e. The van der Waals surface area contributed by atoms with Gasteiger partial charge in [0.05, 0.1) is 7.85 Å². The summed E-state index contributed by atoms with van der Waals surface area (Å²) in [6.07, 6.45) is 10.4. The third-order valence-corrected chi connectivity index (χ3v) is 4.53. The van der Waals surface area contributed by atoms with Crippen LogP contribution < -0.4 is 0 Å². The Kier molecular flexibility index (Phi) is 4.09. The van der Waals surface area contributed by atoms with Crippen LogP contribution in [0.1, 0.15) is 72.1 Å². The Hall–Kier alpha value is 0.0649. The molecule has 1 saturated carbocycles. The second kappa shape index (κ2) is 4.72. The molecule has 0 aliphatic heterocycles. The van der Waals surface area contributed by atoms with Gasteiger partial charge in [-0.25, -0.2) is 0 Å². The van der Waals surface area contributed by atoms with E-state index in [9.17, 15) is 0 Å². The fourth-order valence-electron chi connectivity index (χ4n) is 3.12. The van der Waals surface area contributed by atoms with E-state index in [0.717, 1.165) is 0 Å². The first-order valence-electron chi connectivity index (χ1n) is 6.37. The number of hydrogen-bond acceptors (Lipinski definition) is 0. The van der Waals surface area contributed by atoms with Crippen LogP contribution >= 0.6 is 0 Å². The van der Waals surface area contributed by atoms with E-state index < -0.39 is 0 Å².